The van der Waals surface area contributed by atoms with Crippen LogP contribution in [0.25, 0.3) is 0 Å². The SMILES string of the molecule is CC1(C)[C@@H]2CC[C@@]1(C)c1nc(SCC(=O)c3ccc4c(c3)OCCO4)nnc12. The van der Waals surface area contributed by atoms with Gasteiger partial charge in [-0.2, -0.15) is 5.10 Å². The number of Topliss-reactive ketones (excluding diaryl/α,β-unsaturated/α-hetero) is 1. The van der Waals surface area contributed by atoms with E-state index in [1.807, 2.05) is 0 Å². The van der Waals surface area contributed by atoms with Gasteiger partial charge in [-0.25, -0.2) is 4.98 Å². The second-order valence-electron chi connectivity index (χ2n) is 8.54. The Labute approximate surface area is 168 Å². The number of rotatable bonds is 4. The molecule has 2 aliphatic carbocycles. The van der Waals surface area contributed by atoms with Crippen LogP contribution in [0.1, 0.15) is 61.3 Å². The second-order valence-corrected chi connectivity index (χ2v) is 9.49. The minimum atomic E-state index is 0.0131. The Kier molecular flexibility index (Phi) is 3.95. The minimum Gasteiger partial charge on any atom is -0.486 e. The van der Waals surface area contributed by atoms with Crippen LogP contribution in [0.4, 0.5) is 0 Å². The van der Waals surface area contributed by atoms with Crippen molar-refractivity contribution >= 4 is 17.5 Å². The van der Waals surface area contributed by atoms with E-state index in [-0.39, 0.29) is 22.4 Å². The lowest BCUT2D eigenvalue weighted by molar-refractivity contribution is 0.102. The fourth-order valence-corrected chi connectivity index (χ4v) is 5.54. The molecule has 0 saturated heterocycles. The summed E-state index contributed by atoms with van der Waals surface area (Å²) in [5, 5.41) is 9.39. The summed E-state index contributed by atoms with van der Waals surface area (Å²) in [7, 11) is 0. The number of nitrogens with zero attached hydrogens (tertiary/aromatic N) is 3. The molecule has 1 aliphatic heterocycles. The first-order chi connectivity index (χ1) is 13.4. The van der Waals surface area contributed by atoms with Gasteiger partial charge in [-0.15, -0.1) is 5.10 Å². The van der Waals surface area contributed by atoms with Gasteiger partial charge in [0.15, 0.2) is 17.3 Å². The van der Waals surface area contributed by atoms with E-state index in [4.69, 9.17) is 14.5 Å². The van der Waals surface area contributed by atoms with Gasteiger partial charge in [-0.3, -0.25) is 4.79 Å². The maximum absolute atomic E-state index is 12.6. The highest BCUT2D eigenvalue weighted by Crippen LogP contribution is 2.66. The van der Waals surface area contributed by atoms with Crippen LogP contribution in [0.2, 0.25) is 0 Å². The van der Waals surface area contributed by atoms with E-state index < -0.39 is 0 Å². The van der Waals surface area contributed by atoms with Crippen LogP contribution >= 0.6 is 11.8 Å². The monoisotopic (exact) mass is 397 g/mol. The molecule has 0 spiro atoms. The molecule has 1 saturated carbocycles. The highest BCUT2D eigenvalue weighted by molar-refractivity contribution is 7.99. The Morgan fingerprint density at radius 1 is 1.18 bits per heavy atom. The maximum atomic E-state index is 12.6. The molecule has 0 N–H and O–H groups in total. The minimum absolute atomic E-state index is 0.0131. The number of hydrogen-bond acceptors (Lipinski definition) is 7. The molecular weight excluding hydrogens is 374 g/mol. The number of carbonyl (C=O) groups is 1. The fourth-order valence-electron chi connectivity index (χ4n) is 4.85. The topological polar surface area (TPSA) is 74.2 Å². The molecule has 6 nitrogen and oxygen atoms in total. The van der Waals surface area contributed by atoms with Crippen LogP contribution in [0.3, 0.4) is 0 Å². The second kappa shape index (κ2) is 6.17. The molecule has 1 fully saturated rings. The molecule has 1 aromatic heterocycles. The molecular formula is C21H23N3O3S. The first kappa shape index (κ1) is 17.9. The third-order valence-electron chi connectivity index (χ3n) is 6.97. The molecule has 28 heavy (non-hydrogen) atoms. The van der Waals surface area contributed by atoms with Crippen LogP contribution < -0.4 is 9.47 Å². The fraction of sp³-hybridized carbons (Fsp3) is 0.524. The van der Waals surface area contributed by atoms with E-state index in [9.17, 15) is 4.79 Å². The van der Waals surface area contributed by atoms with Crippen molar-refractivity contribution in [3.05, 3.63) is 35.2 Å². The zero-order valence-electron chi connectivity index (χ0n) is 16.3. The molecule has 0 radical (unpaired) electrons. The van der Waals surface area contributed by atoms with Crippen LogP contribution in [-0.4, -0.2) is 39.9 Å². The van der Waals surface area contributed by atoms with E-state index in [0.717, 1.165) is 24.2 Å². The maximum Gasteiger partial charge on any atom is 0.209 e. The number of aromatic nitrogens is 3. The molecule has 2 bridgehead atoms. The van der Waals surface area contributed by atoms with Gasteiger partial charge in [-0.05, 0) is 36.5 Å². The Bertz CT molecular complexity index is 977. The number of hydrogen-bond donors (Lipinski definition) is 0. The highest BCUT2D eigenvalue weighted by atomic mass is 32.2. The van der Waals surface area contributed by atoms with E-state index in [0.29, 0.717) is 41.4 Å². The molecule has 2 aromatic rings. The summed E-state index contributed by atoms with van der Waals surface area (Å²) < 4.78 is 11.1. The van der Waals surface area contributed by atoms with Crippen molar-refractivity contribution in [2.45, 2.75) is 50.1 Å². The number of ketones is 1. The van der Waals surface area contributed by atoms with E-state index in [1.54, 1.807) is 18.2 Å². The van der Waals surface area contributed by atoms with Crippen molar-refractivity contribution in [2.24, 2.45) is 5.41 Å². The molecule has 2 atom stereocenters. The lowest BCUT2D eigenvalue weighted by Gasteiger charge is -2.33. The normalized spacial score (nSPS) is 26.2. The number of carbonyl (C=O) groups excluding carboxylic acids is 1. The highest BCUT2D eigenvalue weighted by Gasteiger charge is 2.61. The molecule has 2 heterocycles. The third-order valence-corrected chi connectivity index (χ3v) is 7.81. The largest absolute Gasteiger partial charge is 0.486 e. The summed E-state index contributed by atoms with van der Waals surface area (Å²) in [5.41, 5.74) is 2.94. The van der Waals surface area contributed by atoms with E-state index in [2.05, 4.69) is 31.0 Å². The van der Waals surface area contributed by atoms with E-state index >= 15 is 0 Å². The Balaban J connectivity index is 1.33. The molecule has 5 rings (SSSR count). The summed E-state index contributed by atoms with van der Waals surface area (Å²) >= 11 is 1.35. The quantitative estimate of drug-likeness (QED) is 0.574. The van der Waals surface area contributed by atoms with Crippen molar-refractivity contribution in [2.75, 3.05) is 19.0 Å². The third kappa shape index (κ3) is 2.48. The molecule has 7 heteroatoms. The molecule has 3 aliphatic rings. The molecule has 1 aromatic carbocycles. The Morgan fingerprint density at radius 2 is 1.96 bits per heavy atom. The zero-order chi connectivity index (χ0) is 19.5. The van der Waals surface area contributed by atoms with Gasteiger partial charge >= 0.3 is 0 Å². The lowest BCUT2D eigenvalue weighted by Crippen LogP contribution is -2.32. The van der Waals surface area contributed by atoms with Crippen LogP contribution in [0.15, 0.2) is 23.4 Å². The van der Waals surface area contributed by atoms with E-state index in [1.165, 1.54) is 11.8 Å². The van der Waals surface area contributed by atoms with Gasteiger partial charge in [0, 0.05) is 16.9 Å². The number of fused-ring (bicyclic) bond motifs is 6. The van der Waals surface area contributed by atoms with Crippen molar-refractivity contribution in [3.63, 3.8) is 0 Å². The summed E-state index contributed by atoms with van der Waals surface area (Å²) in [5.74, 6) is 2.03. The standard InChI is InChI=1S/C21H23N3O3S/c1-20(2)13-6-7-21(20,3)18-17(13)23-24-19(22-18)28-11-14(25)12-4-5-15-16(10-12)27-9-8-26-15/h4-5,10,13H,6-9,11H2,1-3H3/t13-,21+/m1/s1. The van der Waals surface area contributed by atoms with Crippen LogP contribution in [-0.2, 0) is 5.41 Å². The molecule has 0 amide bonds. The van der Waals surface area contributed by atoms with Gasteiger partial charge in [0.05, 0.1) is 17.1 Å². The summed E-state index contributed by atoms with van der Waals surface area (Å²) in [4.78, 5) is 17.5. The van der Waals surface area contributed by atoms with Crippen molar-refractivity contribution in [1.29, 1.82) is 0 Å². The van der Waals surface area contributed by atoms with Crippen molar-refractivity contribution in [1.82, 2.24) is 15.2 Å². The first-order valence-electron chi connectivity index (χ1n) is 9.71. The summed E-state index contributed by atoms with van der Waals surface area (Å²) in [6.07, 6.45) is 2.29. The Hall–Kier alpha value is -2.15. The summed E-state index contributed by atoms with van der Waals surface area (Å²) in [6.45, 7) is 7.96. The van der Waals surface area contributed by atoms with Gasteiger partial charge in [0.1, 0.15) is 13.2 Å². The molecule has 0 unspecified atom stereocenters. The van der Waals surface area contributed by atoms with Crippen LogP contribution in [0.5, 0.6) is 11.5 Å². The lowest BCUT2D eigenvalue weighted by atomic mass is 9.70. The van der Waals surface area contributed by atoms with Crippen molar-refractivity contribution in [3.8, 4) is 11.5 Å². The smallest absolute Gasteiger partial charge is 0.209 e. The number of ether oxygens (including phenoxy) is 2. The predicted octanol–water partition coefficient (Wildman–Crippen LogP) is 3.79. The van der Waals surface area contributed by atoms with Gasteiger partial charge in [-0.1, -0.05) is 32.5 Å². The van der Waals surface area contributed by atoms with Gasteiger partial charge in [0.2, 0.25) is 5.16 Å². The Morgan fingerprint density at radius 3 is 2.79 bits per heavy atom. The average molecular weight is 398 g/mol. The van der Waals surface area contributed by atoms with Crippen LogP contribution in [0, 0.1) is 5.41 Å². The number of thioether (sulfide) groups is 1. The summed E-state index contributed by atoms with van der Waals surface area (Å²) in [6, 6.07) is 5.32. The van der Waals surface area contributed by atoms with Gasteiger partial charge < -0.3 is 9.47 Å². The average Bonchev–Trinajstić information content (AvgIpc) is 3.04. The number of benzene rings is 1. The van der Waals surface area contributed by atoms with Gasteiger partial charge in [0.25, 0.3) is 0 Å². The zero-order valence-corrected chi connectivity index (χ0v) is 17.1. The molecule has 146 valence electrons. The van der Waals surface area contributed by atoms with Crippen molar-refractivity contribution < 1.29 is 14.3 Å². The predicted molar refractivity (Wildman–Crippen MR) is 105 cm³/mol. The first-order valence-corrected chi connectivity index (χ1v) is 10.7.